The molecular formula is C41H33NO6. The highest BCUT2D eigenvalue weighted by Gasteiger charge is 2.66. The summed E-state index contributed by atoms with van der Waals surface area (Å²) >= 11 is 0. The monoisotopic (exact) mass is 635 g/mol. The number of imide groups is 1. The lowest BCUT2D eigenvalue weighted by atomic mass is 9.44. The minimum absolute atomic E-state index is 0.0742. The highest BCUT2D eigenvalue weighted by molar-refractivity contribution is 6.32. The zero-order valence-electron chi connectivity index (χ0n) is 26.3. The lowest BCUT2D eigenvalue weighted by Crippen LogP contribution is -2.58. The fourth-order valence-corrected chi connectivity index (χ4v) is 9.02. The van der Waals surface area contributed by atoms with Gasteiger partial charge in [0.1, 0.15) is 11.5 Å². The van der Waals surface area contributed by atoms with E-state index in [1.807, 2.05) is 72.8 Å². The van der Waals surface area contributed by atoms with Gasteiger partial charge in [-0.2, -0.15) is 0 Å². The number of nitrogens with zero attached hydrogens (tertiary/aromatic N) is 1. The van der Waals surface area contributed by atoms with Crippen LogP contribution in [0.15, 0.2) is 127 Å². The van der Waals surface area contributed by atoms with Crippen LogP contribution in [0.25, 0.3) is 5.57 Å². The Bertz CT molecular complexity index is 2040. The Labute approximate surface area is 278 Å². The predicted octanol–water partition coefficient (Wildman–Crippen LogP) is 6.43. The lowest BCUT2D eigenvalue weighted by molar-refractivity contribution is -0.135. The van der Waals surface area contributed by atoms with Crippen LogP contribution in [-0.2, 0) is 24.6 Å². The van der Waals surface area contributed by atoms with E-state index in [1.165, 1.54) is 18.1 Å². The predicted molar refractivity (Wildman–Crippen MR) is 180 cm³/mol. The second-order valence-corrected chi connectivity index (χ2v) is 13.0. The fraction of sp³-hybridized carbons (Fsp3) is 0.220. The first-order chi connectivity index (χ1) is 23.4. The number of allylic oxidation sites excluding steroid dienone is 4. The molecule has 7 heteroatoms. The minimum atomic E-state index is -1.46. The van der Waals surface area contributed by atoms with Crippen molar-refractivity contribution in [2.24, 2.45) is 23.7 Å². The highest BCUT2D eigenvalue weighted by Crippen LogP contribution is 2.65. The first kappa shape index (κ1) is 29.8. The molecule has 7 nitrogen and oxygen atoms in total. The van der Waals surface area contributed by atoms with Crippen molar-refractivity contribution >= 4 is 34.6 Å². The molecule has 2 amide bonds. The van der Waals surface area contributed by atoms with Crippen molar-refractivity contribution in [2.75, 3.05) is 12.0 Å². The molecule has 1 saturated heterocycles. The van der Waals surface area contributed by atoms with Crippen LogP contribution in [0.5, 0.6) is 11.5 Å². The normalized spacial score (nSPS) is 27.9. The number of rotatable bonds is 5. The molecule has 0 spiro atoms. The second kappa shape index (κ2) is 11.3. The molecule has 2 fully saturated rings. The van der Waals surface area contributed by atoms with Crippen molar-refractivity contribution in [3.8, 4) is 11.5 Å². The molecule has 1 aliphatic heterocycles. The van der Waals surface area contributed by atoms with Crippen molar-refractivity contribution in [2.45, 2.75) is 24.2 Å². The molecule has 238 valence electrons. The molecule has 1 saturated carbocycles. The van der Waals surface area contributed by atoms with Crippen LogP contribution in [0.2, 0.25) is 0 Å². The molecule has 4 aliphatic rings. The number of hydrogen-bond donors (Lipinski definition) is 1. The number of carbonyl (C=O) groups excluding carboxylic acids is 4. The van der Waals surface area contributed by atoms with Crippen LogP contribution in [0.4, 0.5) is 5.69 Å². The quantitative estimate of drug-likeness (QED) is 0.200. The van der Waals surface area contributed by atoms with Gasteiger partial charge in [-0.1, -0.05) is 96.6 Å². The van der Waals surface area contributed by atoms with E-state index in [-0.39, 0.29) is 35.6 Å². The molecule has 0 unspecified atom stereocenters. The molecule has 0 aromatic heterocycles. The topological polar surface area (TPSA) is 101 Å². The van der Waals surface area contributed by atoms with Crippen molar-refractivity contribution in [1.29, 1.82) is 0 Å². The number of phenols is 1. The maximum Gasteiger partial charge on any atom is 0.238 e. The van der Waals surface area contributed by atoms with Crippen LogP contribution in [-0.4, -0.2) is 35.6 Å². The summed E-state index contributed by atoms with van der Waals surface area (Å²) in [5, 5.41) is 11.6. The summed E-state index contributed by atoms with van der Waals surface area (Å²) < 4.78 is 5.84. The molecule has 4 aromatic carbocycles. The van der Waals surface area contributed by atoms with E-state index >= 15 is 9.59 Å². The van der Waals surface area contributed by atoms with Gasteiger partial charge in [0.25, 0.3) is 0 Å². The summed E-state index contributed by atoms with van der Waals surface area (Å²) in [5.74, 6) is -4.40. The van der Waals surface area contributed by atoms with Gasteiger partial charge in [-0.15, -0.1) is 0 Å². The van der Waals surface area contributed by atoms with Gasteiger partial charge >= 0.3 is 0 Å². The Kier molecular flexibility index (Phi) is 7.02. The van der Waals surface area contributed by atoms with E-state index in [2.05, 4.69) is 0 Å². The number of ketones is 2. The van der Waals surface area contributed by atoms with E-state index < -0.39 is 35.0 Å². The summed E-state index contributed by atoms with van der Waals surface area (Å²) in [4.78, 5) is 59.8. The summed E-state index contributed by atoms with van der Waals surface area (Å²) in [6.45, 7) is 0. The number of para-hydroxylation sites is 1. The summed E-state index contributed by atoms with van der Waals surface area (Å²) in [5.41, 5.74) is 1.81. The zero-order chi connectivity index (χ0) is 33.2. The van der Waals surface area contributed by atoms with E-state index in [1.54, 1.807) is 42.5 Å². The van der Waals surface area contributed by atoms with Crippen LogP contribution in [0.1, 0.15) is 35.4 Å². The number of anilines is 1. The molecule has 0 bridgehead atoms. The minimum Gasteiger partial charge on any atom is -0.508 e. The standard InChI is InChI=1S/C41H33NO6/c1-48-33-19-11-18-32(43)36(33)37-27-20-21-28-35(40(47)42(39(28)46)26-16-9-4-10-17-26)30(27)22-31-38(45)29(24-12-5-2-6-13-24)23-34(44)41(31,37)25-14-7-3-8-15-25/h2-20,23,28,30-31,35,37,43H,21-22H2,1H3/t28-,30+,31-,35-,37+,41-/m0/s1. The number of hydrogen-bond acceptors (Lipinski definition) is 6. The van der Waals surface area contributed by atoms with Crippen molar-refractivity contribution in [1.82, 2.24) is 0 Å². The van der Waals surface area contributed by atoms with Crippen LogP contribution < -0.4 is 9.64 Å². The van der Waals surface area contributed by atoms with Crippen molar-refractivity contribution < 1.29 is 29.0 Å². The first-order valence-corrected chi connectivity index (χ1v) is 16.3. The molecule has 3 aliphatic carbocycles. The maximum atomic E-state index is 15.1. The number of methoxy groups -OCH3 is 1. The first-order valence-electron chi connectivity index (χ1n) is 16.3. The molecule has 4 aromatic rings. The van der Waals surface area contributed by atoms with Gasteiger partial charge < -0.3 is 9.84 Å². The molecule has 0 radical (unpaired) electrons. The number of aromatic hydroxyl groups is 1. The van der Waals surface area contributed by atoms with Crippen molar-refractivity contribution in [3.05, 3.63) is 144 Å². The van der Waals surface area contributed by atoms with Crippen molar-refractivity contribution in [3.63, 3.8) is 0 Å². The van der Waals surface area contributed by atoms with Crippen LogP contribution in [0.3, 0.4) is 0 Å². The summed E-state index contributed by atoms with van der Waals surface area (Å²) in [6.07, 6.45) is 3.93. The van der Waals surface area contributed by atoms with Gasteiger partial charge in [0.15, 0.2) is 11.6 Å². The van der Waals surface area contributed by atoms with Crippen LogP contribution in [0, 0.1) is 23.7 Å². The van der Waals surface area contributed by atoms with Gasteiger partial charge in [0.2, 0.25) is 11.8 Å². The fourth-order valence-electron chi connectivity index (χ4n) is 9.02. The van der Waals surface area contributed by atoms with Gasteiger partial charge in [-0.25, -0.2) is 0 Å². The number of carbonyl (C=O) groups is 4. The number of ether oxygens (including phenoxy) is 1. The number of amides is 2. The Morgan fingerprint density at radius 3 is 2.12 bits per heavy atom. The van der Waals surface area contributed by atoms with Gasteiger partial charge in [0, 0.05) is 23.0 Å². The Morgan fingerprint density at radius 2 is 1.44 bits per heavy atom. The number of fused-ring (bicyclic) bond motifs is 4. The summed E-state index contributed by atoms with van der Waals surface area (Å²) in [7, 11) is 1.51. The smallest absolute Gasteiger partial charge is 0.238 e. The highest BCUT2D eigenvalue weighted by atomic mass is 16.5. The number of benzene rings is 4. The third-order valence-corrected chi connectivity index (χ3v) is 10.9. The molecule has 48 heavy (non-hydrogen) atoms. The lowest BCUT2D eigenvalue weighted by Gasteiger charge is -2.55. The van der Waals surface area contributed by atoms with E-state index in [0.29, 0.717) is 40.1 Å². The maximum absolute atomic E-state index is 15.1. The van der Waals surface area contributed by atoms with Gasteiger partial charge in [0.05, 0.1) is 30.0 Å². The summed E-state index contributed by atoms with van der Waals surface area (Å²) in [6, 6.07) is 32.3. The Balaban J connectivity index is 1.40. The van der Waals surface area contributed by atoms with E-state index in [0.717, 1.165) is 5.57 Å². The molecule has 8 rings (SSSR count). The van der Waals surface area contributed by atoms with E-state index in [4.69, 9.17) is 4.74 Å². The Hall–Kier alpha value is -5.56. The molecule has 1 heterocycles. The number of Topliss-reactive ketones (excluding diaryl/α,β-unsaturated/α-hetero) is 1. The van der Waals surface area contributed by atoms with Gasteiger partial charge in [-0.05, 0) is 60.2 Å². The van der Waals surface area contributed by atoms with Gasteiger partial charge in [-0.3, -0.25) is 24.1 Å². The Morgan fingerprint density at radius 1 is 0.771 bits per heavy atom. The van der Waals surface area contributed by atoms with E-state index in [9.17, 15) is 14.7 Å². The largest absolute Gasteiger partial charge is 0.508 e. The zero-order valence-corrected chi connectivity index (χ0v) is 26.3. The third kappa shape index (κ3) is 4.13. The SMILES string of the molecule is COc1cccc(O)c1[C@H]1C2=CC[C@@H]3C(=O)N(c4ccccc4)C(=O)[C@@H]3[C@@H]2C[C@H]2C(=O)C(c3ccccc3)=CC(=O)[C@@]12c1ccccc1. The van der Waals surface area contributed by atoms with Crippen LogP contribution >= 0.6 is 0 Å². The average Bonchev–Trinajstić information content (AvgIpc) is 3.39. The number of phenolic OH excluding ortho intramolecular Hbond substituents is 1. The molecule has 1 N–H and O–H groups in total. The molecule has 6 atom stereocenters. The third-order valence-electron chi connectivity index (χ3n) is 10.9. The molecular weight excluding hydrogens is 602 g/mol. The average molecular weight is 636 g/mol. The second-order valence-electron chi connectivity index (χ2n) is 13.0.